The van der Waals surface area contributed by atoms with E-state index in [1.165, 1.54) is 11.8 Å². The number of aromatic amines is 1. The molecule has 4 N–H and O–H groups in total. The van der Waals surface area contributed by atoms with Gasteiger partial charge in [0, 0.05) is 6.04 Å². The van der Waals surface area contributed by atoms with Gasteiger partial charge in [-0.3, -0.25) is 9.98 Å². The zero-order valence-corrected chi connectivity index (χ0v) is 9.76. The Morgan fingerprint density at radius 1 is 1.60 bits per heavy atom. The van der Waals surface area contributed by atoms with Gasteiger partial charge in [-0.2, -0.15) is 0 Å². The maximum absolute atomic E-state index is 11.4. The Morgan fingerprint density at radius 2 is 2.20 bits per heavy atom. The van der Waals surface area contributed by atoms with Crippen LogP contribution in [0.25, 0.3) is 0 Å². The predicted molar refractivity (Wildman–Crippen MR) is 60.5 cm³/mol. The summed E-state index contributed by atoms with van der Waals surface area (Å²) < 4.78 is 1.55. The SMILES string of the molecule is CC(Sc1n[nH]c(=O)n1C(C)C)C(=N)N. The van der Waals surface area contributed by atoms with Gasteiger partial charge in [-0.1, -0.05) is 11.8 Å². The number of amidine groups is 1. The first-order chi connectivity index (χ1) is 6.93. The number of nitrogens with zero attached hydrogens (tertiary/aromatic N) is 2. The van der Waals surface area contributed by atoms with Crippen LogP contribution in [-0.4, -0.2) is 25.9 Å². The minimum Gasteiger partial charge on any atom is -0.387 e. The van der Waals surface area contributed by atoms with Crippen LogP contribution >= 0.6 is 11.8 Å². The fourth-order valence-corrected chi connectivity index (χ4v) is 2.00. The summed E-state index contributed by atoms with van der Waals surface area (Å²) in [6.07, 6.45) is 0. The molecule has 0 aromatic carbocycles. The summed E-state index contributed by atoms with van der Waals surface area (Å²) in [6, 6.07) is 0.0397. The molecule has 0 amide bonds. The largest absolute Gasteiger partial charge is 0.387 e. The highest BCUT2D eigenvalue weighted by atomic mass is 32.2. The van der Waals surface area contributed by atoms with E-state index in [4.69, 9.17) is 11.1 Å². The van der Waals surface area contributed by atoms with Gasteiger partial charge in [-0.25, -0.2) is 9.89 Å². The van der Waals surface area contributed by atoms with Gasteiger partial charge in [0.1, 0.15) is 5.84 Å². The van der Waals surface area contributed by atoms with E-state index in [1.54, 1.807) is 11.5 Å². The Morgan fingerprint density at radius 3 is 2.67 bits per heavy atom. The van der Waals surface area contributed by atoms with Gasteiger partial charge >= 0.3 is 5.69 Å². The lowest BCUT2D eigenvalue weighted by molar-refractivity contribution is 0.534. The summed E-state index contributed by atoms with van der Waals surface area (Å²) in [5, 5.41) is 13.9. The number of hydrogen-bond donors (Lipinski definition) is 3. The fourth-order valence-electron chi connectivity index (χ4n) is 1.05. The number of H-pyrrole nitrogens is 1. The second-order valence-corrected chi connectivity index (χ2v) is 4.80. The highest BCUT2D eigenvalue weighted by Gasteiger charge is 2.16. The quantitative estimate of drug-likeness (QED) is 0.399. The Bertz CT molecular complexity index is 407. The van der Waals surface area contributed by atoms with E-state index in [0.717, 1.165) is 0 Å². The van der Waals surface area contributed by atoms with Crippen LogP contribution in [-0.2, 0) is 0 Å². The van der Waals surface area contributed by atoms with Crippen molar-refractivity contribution in [2.75, 3.05) is 0 Å². The molecule has 1 aromatic heterocycles. The monoisotopic (exact) mass is 229 g/mol. The van der Waals surface area contributed by atoms with E-state index in [0.29, 0.717) is 5.16 Å². The van der Waals surface area contributed by atoms with Crippen LogP contribution in [0, 0.1) is 5.41 Å². The molecule has 84 valence electrons. The Balaban J connectivity index is 2.96. The van der Waals surface area contributed by atoms with Gasteiger partial charge in [0.25, 0.3) is 0 Å². The smallest absolute Gasteiger partial charge is 0.344 e. The van der Waals surface area contributed by atoms with Crippen LogP contribution < -0.4 is 11.4 Å². The molecular weight excluding hydrogens is 214 g/mol. The van der Waals surface area contributed by atoms with Crippen molar-refractivity contribution < 1.29 is 0 Å². The Labute approximate surface area is 91.8 Å². The molecule has 1 rings (SSSR count). The highest BCUT2D eigenvalue weighted by Crippen LogP contribution is 2.21. The van der Waals surface area contributed by atoms with Crippen molar-refractivity contribution in [3.63, 3.8) is 0 Å². The molecule has 0 bridgehead atoms. The number of rotatable bonds is 4. The molecule has 0 aliphatic heterocycles. The van der Waals surface area contributed by atoms with Gasteiger partial charge in [0.15, 0.2) is 5.16 Å². The van der Waals surface area contributed by atoms with E-state index in [2.05, 4.69) is 10.2 Å². The summed E-state index contributed by atoms with van der Waals surface area (Å²) in [7, 11) is 0. The van der Waals surface area contributed by atoms with Crippen LogP contribution in [0.5, 0.6) is 0 Å². The summed E-state index contributed by atoms with van der Waals surface area (Å²) in [5.41, 5.74) is 5.12. The zero-order chi connectivity index (χ0) is 11.6. The average molecular weight is 229 g/mol. The molecule has 1 atom stereocenters. The first-order valence-corrected chi connectivity index (χ1v) is 5.49. The third-order valence-corrected chi connectivity index (χ3v) is 3.01. The first kappa shape index (κ1) is 11.8. The van der Waals surface area contributed by atoms with Gasteiger partial charge in [0.2, 0.25) is 0 Å². The van der Waals surface area contributed by atoms with Crippen molar-refractivity contribution in [3.8, 4) is 0 Å². The molecule has 7 heteroatoms. The fraction of sp³-hybridized carbons (Fsp3) is 0.625. The van der Waals surface area contributed by atoms with Crippen molar-refractivity contribution in [2.45, 2.75) is 37.2 Å². The van der Waals surface area contributed by atoms with Crippen LogP contribution in [0.3, 0.4) is 0 Å². The highest BCUT2D eigenvalue weighted by molar-refractivity contribution is 8.00. The molecule has 15 heavy (non-hydrogen) atoms. The number of thioether (sulfide) groups is 1. The third-order valence-electron chi connectivity index (χ3n) is 1.91. The lowest BCUT2D eigenvalue weighted by Gasteiger charge is -2.11. The molecule has 0 radical (unpaired) electrons. The second kappa shape index (κ2) is 4.52. The molecule has 0 saturated carbocycles. The van der Waals surface area contributed by atoms with E-state index >= 15 is 0 Å². The lowest BCUT2D eigenvalue weighted by atomic mass is 10.4. The Hall–Kier alpha value is -1.24. The van der Waals surface area contributed by atoms with E-state index in [1.807, 2.05) is 13.8 Å². The van der Waals surface area contributed by atoms with Crippen molar-refractivity contribution in [2.24, 2.45) is 5.73 Å². The average Bonchev–Trinajstić information content (AvgIpc) is 2.46. The molecule has 6 nitrogen and oxygen atoms in total. The van der Waals surface area contributed by atoms with Gasteiger partial charge in [-0.05, 0) is 20.8 Å². The maximum Gasteiger partial charge on any atom is 0.344 e. The molecule has 0 spiro atoms. The van der Waals surface area contributed by atoms with Crippen LogP contribution in [0.2, 0.25) is 0 Å². The van der Waals surface area contributed by atoms with E-state index < -0.39 is 0 Å². The molecule has 1 heterocycles. The lowest BCUT2D eigenvalue weighted by Crippen LogP contribution is -2.24. The second-order valence-electron chi connectivity index (χ2n) is 3.49. The topological polar surface area (TPSA) is 101 Å². The summed E-state index contributed by atoms with van der Waals surface area (Å²) in [4.78, 5) is 11.4. The summed E-state index contributed by atoms with van der Waals surface area (Å²) in [5.74, 6) is 0.0748. The molecule has 0 fully saturated rings. The number of nitrogens with one attached hydrogen (secondary N) is 2. The molecular formula is C8H15N5OS. The molecule has 1 aromatic rings. The standard InChI is InChI=1S/C8H15N5OS/c1-4(2)13-7(14)11-12-8(13)15-5(3)6(9)10/h4-5H,1-3H3,(H3,9,10)(H,11,14). The maximum atomic E-state index is 11.4. The molecule has 0 aliphatic rings. The van der Waals surface area contributed by atoms with Crippen molar-refractivity contribution in [1.29, 1.82) is 5.41 Å². The first-order valence-electron chi connectivity index (χ1n) is 4.61. The minimum absolute atomic E-state index is 0.0397. The summed E-state index contributed by atoms with van der Waals surface area (Å²) in [6.45, 7) is 5.61. The molecule has 0 saturated heterocycles. The predicted octanol–water partition coefficient (Wildman–Crippen LogP) is 0.569. The van der Waals surface area contributed by atoms with Crippen LogP contribution in [0.15, 0.2) is 9.95 Å². The number of aromatic nitrogens is 3. The van der Waals surface area contributed by atoms with E-state index in [9.17, 15) is 4.79 Å². The van der Waals surface area contributed by atoms with Crippen molar-refractivity contribution >= 4 is 17.6 Å². The zero-order valence-electron chi connectivity index (χ0n) is 8.94. The summed E-state index contributed by atoms with van der Waals surface area (Å²) >= 11 is 1.30. The van der Waals surface area contributed by atoms with Gasteiger partial charge in [0.05, 0.1) is 5.25 Å². The normalized spacial score (nSPS) is 13.1. The van der Waals surface area contributed by atoms with Crippen molar-refractivity contribution in [3.05, 3.63) is 10.5 Å². The number of hydrogen-bond acceptors (Lipinski definition) is 4. The van der Waals surface area contributed by atoms with Crippen molar-refractivity contribution in [1.82, 2.24) is 14.8 Å². The molecule has 0 aliphatic carbocycles. The minimum atomic E-state index is -0.233. The van der Waals surface area contributed by atoms with Crippen LogP contribution in [0.1, 0.15) is 26.8 Å². The van der Waals surface area contributed by atoms with Crippen LogP contribution in [0.4, 0.5) is 0 Å². The number of nitrogens with two attached hydrogens (primary N) is 1. The van der Waals surface area contributed by atoms with Gasteiger partial charge < -0.3 is 5.73 Å². The molecule has 1 unspecified atom stereocenters. The Kier molecular flexibility index (Phi) is 3.57. The third kappa shape index (κ3) is 2.62. The van der Waals surface area contributed by atoms with E-state index in [-0.39, 0.29) is 22.8 Å². The van der Waals surface area contributed by atoms with Gasteiger partial charge in [-0.15, -0.1) is 5.10 Å².